The number of hydrogen-bond acceptors (Lipinski definition) is 2. The van der Waals surface area contributed by atoms with E-state index in [0.717, 1.165) is 12.8 Å². The molecule has 0 unspecified atom stereocenters. The van der Waals surface area contributed by atoms with Gasteiger partial charge in [-0.25, -0.2) is 4.79 Å². The predicted molar refractivity (Wildman–Crippen MR) is 65.3 cm³/mol. The molecule has 1 aliphatic rings. The van der Waals surface area contributed by atoms with Gasteiger partial charge >= 0.3 is 12.0 Å². The van der Waals surface area contributed by atoms with E-state index >= 15 is 0 Å². The van der Waals surface area contributed by atoms with Crippen LogP contribution in [0.2, 0.25) is 0 Å². The number of nitrogens with zero attached hydrogens (tertiary/aromatic N) is 1. The summed E-state index contributed by atoms with van der Waals surface area (Å²) in [6.07, 6.45) is 2.80. The molecule has 17 heavy (non-hydrogen) atoms. The van der Waals surface area contributed by atoms with Crippen LogP contribution in [0.1, 0.15) is 25.7 Å². The highest BCUT2D eigenvalue weighted by atomic mass is 35.5. The first kappa shape index (κ1) is 14.1. The Morgan fingerprint density at radius 3 is 2.41 bits per heavy atom. The number of hydrogen-bond donors (Lipinski definition) is 2. The van der Waals surface area contributed by atoms with Gasteiger partial charge in [0.05, 0.1) is 5.92 Å². The van der Waals surface area contributed by atoms with Crippen molar-refractivity contribution in [1.29, 1.82) is 0 Å². The molecule has 0 saturated heterocycles. The fraction of sp³-hybridized carbons (Fsp3) is 0.818. The Balaban J connectivity index is 2.37. The summed E-state index contributed by atoms with van der Waals surface area (Å²) in [5.41, 5.74) is 0. The predicted octanol–water partition coefficient (Wildman–Crippen LogP) is 1.51. The van der Waals surface area contributed by atoms with Crippen LogP contribution in [-0.2, 0) is 4.79 Å². The number of carboxylic acids is 1. The molecule has 5 nitrogen and oxygen atoms in total. The first-order valence-corrected chi connectivity index (χ1v) is 6.39. The van der Waals surface area contributed by atoms with E-state index in [1.54, 1.807) is 11.9 Å². The Kier molecular flexibility index (Phi) is 5.55. The molecule has 0 aromatic heterocycles. The minimum absolute atomic E-state index is 0.135. The van der Waals surface area contributed by atoms with Crippen LogP contribution in [-0.4, -0.2) is 47.5 Å². The van der Waals surface area contributed by atoms with Crippen molar-refractivity contribution < 1.29 is 14.7 Å². The quantitative estimate of drug-likeness (QED) is 0.755. The second-order valence-corrected chi connectivity index (χ2v) is 4.75. The molecule has 2 amide bonds. The molecular formula is C11H19ClN2O3. The van der Waals surface area contributed by atoms with Crippen LogP contribution >= 0.6 is 11.6 Å². The fourth-order valence-corrected chi connectivity index (χ4v) is 2.25. The van der Waals surface area contributed by atoms with E-state index in [4.69, 9.17) is 16.7 Å². The van der Waals surface area contributed by atoms with E-state index in [-0.39, 0.29) is 18.0 Å². The molecule has 0 bridgehead atoms. The third-order valence-corrected chi connectivity index (χ3v) is 3.47. The van der Waals surface area contributed by atoms with Crippen molar-refractivity contribution in [2.75, 3.05) is 19.5 Å². The van der Waals surface area contributed by atoms with Crippen LogP contribution in [0.3, 0.4) is 0 Å². The molecule has 1 saturated carbocycles. The molecule has 0 spiro atoms. The third-order valence-electron chi connectivity index (χ3n) is 3.28. The third kappa shape index (κ3) is 4.07. The van der Waals surface area contributed by atoms with E-state index in [0.29, 0.717) is 25.3 Å². The number of carboxylic acid groups (broad SMARTS) is 1. The zero-order valence-electron chi connectivity index (χ0n) is 9.99. The van der Waals surface area contributed by atoms with Crippen molar-refractivity contribution in [1.82, 2.24) is 10.2 Å². The van der Waals surface area contributed by atoms with Gasteiger partial charge in [-0.2, -0.15) is 0 Å². The van der Waals surface area contributed by atoms with Gasteiger partial charge in [-0.1, -0.05) is 0 Å². The first-order valence-electron chi connectivity index (χ1n) is 5.85. The van der Waals surface area contributed by atoms with E-state index < -0.39 is 5.97 Å². The number of urea groups is 1. The lowest BCUT2D eigenvalue weighted by Crippen LogP contribution is -2.45. The maximum atomic E-state index is 11.7. The number of nitrogens with one attached hydrogen (secondary N) is 1. The van der Waals surface area contributed by atoms with Gasteiger partial charge in [-0.05, 0) is 25.7 Å². The summed E-state index contributed by atoms with van der Waals surface area (Å²) < 4.78 is 0. The van der Waals surface area contributed by atoms with Gasteiger partial charge in [0, 0.05) is 25.5 Å². The number of halogens is 1. The summed E-state index contributed by atoms with van der Waals surface area (Å²) in [4.78, 5) is 24.1. The van der Waals surface area contributed by atoms with Crippen molar-refractivity contribution in [2.24, 2.45) is 5.92 Å². The minimum atomic E-state index is -0.724. The van der Waals surface area contributed by atoms with Gasteiger partial charge in [-0.15, -0.1) is 11.6 Å². The standard InChI is InChI=1S/C11H19ClN2O3/c1-14(11(17)13-7-6-12)9-4-2-8(3-5-9)10(15)16/h8-9H,2-7H2,1H3,(H,13,17)(H,15,16). The highest BCUT2D eigenvalue weighted by Gasteiger charge is 2.29. The average molecular weight is 263 g/mol. The second-order valence-electron chi connectivity index (χ2n) is 4.38. The van der Waals surface area contributed by atoms with E-state index in [1.165, 1.54) is 0 Å². The summed E-state index contributed by atoms with van der Waals surface area (Å²) in [7, 11) is 1.75. The highest BCUT2D eigenvalue weighted by molar-refractivity contribution is 6.18. The summed E-state index contributed by atoms with van der Waals surface area (Å²) in [6, 6.07) is 0.00495. The molecule has 2 N–H and O–H groups in total. The van der Waals surface area contributed by atoms with Crippen LogP contribution in [0.15, 0.2) is 0 Å². The van der Waals surface area contributed by atoms with Crippen LogP contribution in [0.5, 0.6) is 0 Å². The molecule has 1 fully saturated rings. The van der Waals surface area contributed by atoms with Crippen LogP contribution in [0.25, 0.3) is 0 Å². The van der Waals surface area contributed by atoms with Crippen LogP contribution < -0.4 is 5.32 Å². The molecule has 0 heterocycles. The van der Waals surface area contributed by atoms with Gasteiger partial charge in [0.1, 0.15) is 0 Å². The summed E-state index contributed by atoms with van der Waals surface area (Å²) in [5.74, 6) is -0.575. The molecule has 0 atom stereocenters. The van der Waals surface area contributed by atoms with Crippen molar-refractivity contribution in [3.05, 3.63) is 0 Å². The largest absolute Gasteiger partial charge is 0.481 e. The Bertz CT molecular complexity index is 278. The van der Waals surface area contributed by atoms with E-state index in [1.807, 2.05) is 0 Å². The smallest absolute Gasteiger partial charge is 0.317 e. The zero-order chi connectivity index (χ0) is 12.8. The maximum absolute atomic E-state index is 11.7. The molecule has 1 aliphatic carbocycles. The summed E-state index contributed by atoms with van der Waals surface area (Å²) in [5, 5.41) is 11.6. The van der Waals surface area contributed by atoms with Gasteiger partial charge in [0.25, 0.3) is 0 Å². The minimum Gasteiger partial charge on any atom is -0.481 e. The van der Waals surface area contributed by atoms with Gasteiger partial charge in [0.2, 0.25) is 0 Å². The number of alkyl halides is 1. The SMILES string of the molecule is CN(C(=O)NCCCl)C1CCC(C(=O)O)CC1. The normalized spacial score (nSPS) is 24.1. The topological polar surface area (TPSA) is 69.6 Å². The Labute approximate surface area is 106 Å². The summed E-state index contributed by atoms with van der Waals surface area (Å²) in [6.45, 7) is 0.454. The lowest BCUT2D eigenvalue weighted by Gasteiger charge is -2.33. The van der Waals surface area contributed by atoms with Gasteiger partial charge in [0.15, 0.2) is 0 Å². The van der Waals surface area contributed by atoms with Crippen LogP contribution in [0, 0.1) is 5.92 Å². The zero-order valence-corrected chi connectivity index (χ0v) is 10.7. The number of rotatable bonds is 4. The molecule has 6 heteroatoms. The number of carbonyl (C=O) groups is 2. The van der Waals surface area contributed by atoms with Crippen LogP contribution in [0.4, 0.5) is 4.79 Å². The molecule has 0 radical (unpaired) electrons. The number of aliphatic carboxylic acids is 1. The number of amides is 2. The molecular weight excluding hydrogens is 244 g/mol. The van der Waals surface area contributed by atoms with E-state index in [2.05, 4.69) is 5.32 Å². The highest BCUT2D eigenvalue weighted by Crippen LogP contribution is 2.27. The number of carbonyl (C=O) groups excluding carboxylic acids is 1. The molecule has 0 aliphatic heterocycles. The van der Waals surface area contributed by atoms with Gasteiger partial charge in [-0.3, -0.25) is 4.79 Å². The monoisotopic (exact) mass is 262 g/mol. The van der Waals surface area contributed by atoms with Gasteiger partial charge < -0.3 is 15.3 Å². The lowest BCUT2D eigenvalue weighted by atomic mass is 9.85. The molecule has 1 rings (SSSR count). The maximum Gasteiger partial charge on any atom is 0.317 e. The Hall–Kier alpha value is -0.970. The van der Waals surface area contributed by atoms with E-state index in [9.17, 15) is 9.59 Å². The van der Waals surface area contributed by atoms with Crippen molar-refractivity contribution in [3.8, 4) is 0 Å². The lowest BCUT2D eigenvalue weighted by molar-refractivity contribution is -0.143. The second kappa shape index (κ2) is 6.69. The molecule has 0 aromatic carbocycles. The first-order chi connectivity index (χ1) is 8.06. The van der Waals surface area contributed by atoms with Crippen molar-refractivity contribution in [3.63, 3.8) is 0 Å². The Morgan fingerprint density at radius 2 is 1.94 bits per heavy atom. The average Bonchev–Trinajstić information content (AvgIpc) is 2.35. The summed E-state index contributed by atoms with van der Waals surface area (Å²) >= 11 is 5.49. The molecule has 0 aromatic rings. The van der Waals surface area contributed by atoms with Crippen molar-refractivity contribution in [2.45, 2.75) is 31.7 Å². The molecule has 98 valence electrons. The Morgan fingerprint density at radius 1 is 1.35 bits per heavy atom. The fourth-order valence-electron chi connectivity index (χ4n) is 2.15. The van der Waals surface area contributed by atoms with Crippen molar-refractivity contribution >= 4 is 23.6 Å².